The van der Waals surface area contributed by atoms with Crippen LogP contribution in [0.25, 0.3) is 0 Å². The Kier molecular flexibility index (Phi) is 25.5. The highest BCUT2D eigenvalue weighted by molar-refractivity contribution is 5.83. The first-order valence-corrected chi connectivity index (χ1v) is 14.3. The van der Waals surface area contributed by atoms with Gasteiger partial charge in [-0.3, -0.25) is 39.6 Å². The van der Waals surface area contributed by atoms with Crippen molar-refractivity contribution in [2.24, 2.45) is 0 Å². The zero-order valence-electron chi connectivity index (χ0n) is 25.1. The summed E-state index contributed by atoms with van der Waals surface area (Å²) in [4.78, 5) is 67.3. The summed E-state index contributed by atoms with van der Waals surface area (Å²) in [6, 6.07) is 0. The molecule has 6 amide bonds. The fourth-order valence-electron chi connectivity index (χ4n) is 3.16. The van der Waals surface area contributed by atoms with Crippen molar-refractivity contribution in [3.05, 3.63) is 0 Å². The van der Waals surface area contributed by atoms with Gasteiger partial charge in [0.15, 0.2) is 0 Å². The molecule has 0 fully saturated rings. The van der Waals surface area contributed by atoms with Crippen LogP contribution in [0, 0.1) is 0 Å². The van der Waals surface area contributed by atoms with E-state index in [0.29, 0.717) is 79.9 Å². The van der Waals surface area contributed by atoms with Gasteiger partial charge in [-0.1, -0.05) is 6.92 Å². The van der Waals surface area contributed by atoms with E-state index in [1.807, 2.05) is 6.92 Å². The number of hydrogen-bond donors (Lipinski definition) is 7. The molecule has 0 atom stereocenters. The molecule has 16 nitrogen and oxygen atoms in total. The number of carbonyl (C=O) groups is 6. The third-order valence-electron chi connectivity index (χ3n) is 5.63. The van der Waals surface area contributed by atoms with Crippen LogP contribution in [0.3, 0.4) is 0 Å². The van der Waals surface area contributed by atoms with Gasteiger partial charge in [0.05, 0.1) is 0 Å². The van der Waals surface area contributed by atoms with E-state index >= 15 is 0 Å². The average Bonchev–Trinajstić information content (AvgIpc) is 2.96. The standard InChI is InChI=1S/C22H41N5O8.C4H9NO2/c1-2-13-23-18(28)9-11-20(30)26(34)16-7-3-5-14-24-19(29)10-12-21(31)27(35)17-8-4-6-15-25-22(32)33;1-3-5(7)4(2)6/h25,34-35H,2-17H2,1H3,(H,23,28)(H,24,29)(H,32,33);7H,3H2,1-2H3. The second-order valence-electron chi connectivity index (χ2n) is 9.32. The molecular weight excluding hydrogens is 556 g/mol. The lowest BCUT2D eigenvalue weighted by atomic mass is 10.2. The molecule has 0 unspecified atom stereocenters. The Hall–Kier alpha value is -3.50. The molecule has 0 aliphatic carbocycles. The maximum Gasteiger partial charge on any atom is 0.404 e. The lowest BCUT2D eigenvalue weighted by molar-refractivity contribution is -0.166. The van der Waals surface area contributed by atoms with E-state index in [1.165, 1.54) is 6.92 Å². The van der Waals surface area contributed by atoms with Crippen molar-refractivity contribution in [2.75, 3.05) is 39.3 Å². The maximum absolute atomic E-state index is 11.8. The van der Waals surface area contributed by atoms with Gasteiger partial charge in [0, 0.05) is 71.9 Å². The van der Waals surface area contributed by atoms with Gasteiger partial charge < -0.3 is 21.1 Å². The van der Waals surface area contributed by atoms with Crippen molar-refractivity contribution in [1.29, 1.82) is 0 Å². The summed E-state index contributed by atoms with van der Waals surface area (Å²) in [6.45, 7) is 6.79. The summed E-state index contributed by atoms with van der Waals surface area (Å²) >= 11 is 0. The quantitative estimate of drug-likeness (QED) is 0.0565. The predicted molar refractivity (Wildman–Crippen MR) is 150 cm³/mol. The zero-order chi connectivity index (χ0) is 32.3. The average molecular weight is 607 g/mol. The topological polar surface area (TPSA) is 229 Å². The van der Waals surface area contributed by atoms with E-state index in [9.17, 15) is 39.2 Å². The smallest absolute Gasteiger partial charge is 0.404 e. The van der Waals surface area contributed by atoms with Gasteiger partial charge in [0.2, 0.25) is 29.5 Å². The molecule has 0 rings (SSSR count). The first-order valence-electron chi connectivity index (χ1n) is 14.3. The van der Waals surface area contributed by atoms with Crippen molar-refractivity contribution in [2.45, 2.75) is 91.4 Å². The maximum atomic E-state index is 11.8. The second kappa shape index (κ2) is 26.4. The number of unbranched alkanes of at least 4 members (excludes halogenated alkanes) is 4. The van der Waals surface area contributed by atoms with Crippen molar-refractivity contribution in [3.63, 3.8) is 0 Å². The van der Waals surface area contributed by atoms with Crippen LogP contribution < -0.4 is 16.0 Å². The van der Waals surface area contributed by atoms with Crippen LogP contribution >= 0.6 is 0 Å². The number of nitrogens with one attached hydrogen (secondary N) is 3. The number of rotatable bonds is 21. The molecule has 0 bridgehead atoms. The molecule has 0 aliphatic rings. The van der Waals surface area contributed by atoms with Crippen LogP contribution in [0.4, 0.5) is 4.79 Å². The minimum absolute atomic E-state index is 0.0325. The molecule has 0 aromatic carbocycles. The fourth-order valence-corrected chi connectivity index (χ4v) is 3.16. The molecule has 0 aromatic rings. The molecule has 0 saturated heterocycles. The fraction of sp³-hybridized carbons (Fsp3) is 0.769. The van der Waals surface area contributed by atoms with Crippen molar-refractivity contribution in [1.82, 2.24) is 31.1 Å². The van der Waals surface area contributed by atoms with Gasteiger partial charge in [-0.15, -0.1) is 0 Å². The molecule has 0 aromatic heterocycles. The normalized spacial score (nSPS) is 10.0. The Labute approximate surface area is 247 Å². The molecule has 0 radical (unpaired) electrons. The molecule has 16 heteroatoms. The number of carbonyl (C=O) groups excluding carboxylic acids is 5. The van der Waals surface area contributed by atoms with E-state index in [2.05, 4.69) is 16.0 Å². The van der Waals surface area contributed by atoms with E-state index in [1.54, 1.807) is 6.92 Å². The molecule has 0 heterocycles. The molecular formula is C26H50N6O10. The van der Waals surface area contributed by atoms with Crippen molar-refractivity contribution >= 4 is 35.6 Å². The van der Waals surface area contributed by atoms with Crippen molar-refractivity contribution < 1.29 is 49.5 Å². The van der Waals surface area contributed by atoms with Gasteiger partial charge in [0.1, 0.15) is 0 Å². The van der Waals surface area contributed by atoms with Crippen LogP contribution in [-0.4, -0.2) is 111 Å². The summed E-state index contributed by atoms with van der Waals surface area (Å²) in [5, 5.41) is 45.7. The van der Waals surface area contributed by atoms with Crippen LogP contribution in [0.5, 0.6) is 0 Å². The second-order valence-corrected chi connectivity index (χ2v) is 9.32. The summed E-state index contributed by atoms with van der Waals surface area (Å²) in [5.74, 6) is -1.92. The monoisotopic (exact) mass is 606 g/mol. The number of carboxylic acid groups (broad SMARTS) is 1. The summed E-state index contributed by atoms with van der Waals surface area (Å²) in [6.07, 6.45) is 3.09. The molecule has 0 aliphatic heterocycles. The van der Waals surface area contributed by atoms with Gasteiger partial charge in [-0.2, -0.15) is 0 Å². The molecule has 0 spiro atoms. The number of hydroxylamine groups is 6. The van der Waals surface area contributed by atoms with Crippen LogP contribution in [0.2, 0.25) is 0 Å². The van der Waals surface area contributed by atoms with Crippen LogP contribution in [0.1, 0.15) is 91.4 Å². The van der Waals surface area contributed by atoms with E-state index in [-0.39, 0.29) is 56.5 Å². The van der Waals surface area contributed by atoms with Gasteiger partial charge >= 0.3 is 6.09 Å². The van der Waals surface area contributed by atoms with E-state index < -0.39 is 17.9 Å². The molecule has 7 N–H and O–H groups in total. The predicted octanol–water partition coefficient (Wildman–Crippen LogP) is 1.48. The Balaban J connectivity index is 0. The Morgan fingerprint density at radius 1 is 0.571 bits per heavy atom. The Morgan fingerprint density at radius 3 is 1.36 bits per heavy atom. The summed E-state index contributed by atoms with van der Waals surface area (Å²) in [7, 11) is 0. The van der Waals surface area contributed by atoms with Crippen LogP contribution in [0.15, 0.2) is 0 Å². The van der Waals surface area contributed by atoms with Gasteiger partial charge in [-0.05, 0) is 51.9 Å². The molecule has 244 valence electrons. The lowest BCUT2D eigenvalue weighted by Crippen LogP contribution is -2.31. The Morgan fingerprint density at radius 2 is 1.00 bits per heavy atom. The first kappa shape index (κ1) is 40.6. The highest BCUT2D eigenvalue weighted by Gasteiger charge is 2.14. The first-order chi connectivity index (χ1) is 19.8. The summed E-state index contributed by atoms with van der Waals surface area (Å²) in [5.41, 5.74) is 0. The zero-order valence-corrected chi connectivity index (χ0v) is 25.1. The van der Waals surface area contributed by atoms with Crippen LogP contribution in [-0.2, 0) is 24.0 Å². The minimum Gasteiger partial charge on any atom is -0.465 e. The number of hydrogen-bond acceptors (Lipinski definition) is 9. The highest BCUT2D eigenvalue weighted by atomic mass is 16.5. The van der Waals surface area contributed by atoms with Gasteiger partial charge in [-0.25, -0.2) is 20.0 Å². The third-order valence-corrected chi connectivity index (χ3v) is 5.63. The van der Waals surface area contributed by atoms with Crippen molar-refractivity contribution in [3.8, 4) is 0 Å². The molecule has 42 heavy (non-hydrogen) atoms. The highest BCUT2D eigenvalue weighted by Crippen LogP contribution is 2.03. The number of nitrogens with zero attached hydrogens (tertiary/aromatic N) is 3. The van der Waals surface area contributed by atoms with Gasteiger partial charge in [0.25, 0.3) is 0 Å². The third kappa shape index (κ3) is 25.5. The van der Waals surface area contributed by atoms with E-state index in [0.717, 1.165) is 6.42 Å². The minimum atomic E-state index is -1.09. The lowest BCUT2D eigenvalue weighted by Gasteiger charge is -2.15. The summed E-state index contributed by atoms with van der Waals surface area (Å²) < 4.78 is 0. The van der Waals surface area contributed by atoms with E-state index in [4.69, 9.17) is 10.3 Å². The molecule has 0 saturated carbocycles. The SMILES string of the molecule is CCCNC(=O)CCC(=O)N(O)CCCCCNC(=O)CCC(=O)N(O)CCCCCNC(=O)O.CCN(O)C(C)=O. The number of amides is 6. The Bertz CT molecular complexity index is 814. The largest absolute Gasteiger partial charge is 0.465 e.